The van der Waals surface area contributed by atoms with E-state index in [0.29, 0.717) is 0 Å². The van der Waals surface area contributed by atoms with Crippen molar-refractivity contribution < 1.29 is 131 Å². The van der Waals surface area contributed by atoms with Crippen molar-refractivity contribution in [2.75, 3.05) is 137 Å². The van der Waals surface area contributed by atoms with Crippen LogP contribution in [0.1, 0.15) is 109 Å². The third kappa shape index (κ3) is 25.9. The van der Waals surface area contributed by atoms with Crippen molar-refractivity contribution in [2.45, 2.75) is 165 Å². The molecular weight excluding hydrogens is 1810 g/mol. The lowest BCUT2D eigenvalue weighted by molar-refractivity contribution is -0.119. The summed E-state index contributed by atoms with van der Waals surface area (Å²) in [4.78, 5) is 131. The minimum absolute atomic E-state index is 0.0240. The molecule has 0 radical (unpaired) electrons. The molecule has 11 rings (SSSR count). The number of ether oxygens (including phenoxy) is 12. The summed E-state index contributed by atoms with van der Waals surface area (Å²) < 4.78 is 182. The molecule has 52 heteroatoms. The first kappa shape index (κ1) is 102. The Morgan fingerprint density at radius 3 is 1.28 bits per heavy atom. The van der Waals surface area contributed by atoms with Gasteiger partial charge in [0, 0.05) is 80.8 Å². The zero-order valence-electron chi connectivity index (χ0n) is 73.4. The number of nitrogens with zero attached hydrogens (tertiary/aromatic N) is 11. The molecule has 4 aliphatic heterocycles. The van der Waals surface area contributed by atoms with Crippen LogP contribution in [-0.2, 0) is 116 Å². The number of nitrogens with one attached hydrogen (secondary N) is 5. The molecule has 6 N–H and O–H groups in total. The summed E-state index contributed by atoms with van der Waals surface area (Å²) in [6.45, 7) is 2.20. The van der Waals surface area contributed by atoms with Crippen molar-refractivity contribution in [3.63, 3.8) is 0 Å². The highest BCUT2D eigenvalue weighted by atomic mass is 31.2. The Morgan fingerprint density at radius 2 is 0.864 bits per heavy atom. The summed E-state index contributed by atoms with van der Waals surface area (Å²) >= 11 is 0. The first-order valence-corrected chi connectivity index (χ1v) is 45.9. The second-order valence-corrected chi connectivity index (χ2v) is 34.9. The second kappa shape index (κ2) is 48.2. The van der Waals surface area contributed by atoms with Gasteiger partial charge in [-0.25, -0.2) is 33.1 Å². The first-order valence-electron chi connectivity index (χ1n) is 41.5. The molecule has 19 atom stereocenters. The van der Waals surface area contributed by atoms with Gasteiger partial charge in [-0.15, -0.1) is 0 Å². The van der Waals surface area contributed by atoms with Gasteiger partial charge in [0.05, 0.1) is 142 Å². The summed E-state index contributed by atoms with van der Waals surface area (Å²) in [5.41, 5.74) is -4.40. The smallest absolute Gasteiger partial charge is 0.387 e. The van der Waals surface area contributed by atoms with Crippen molar-refractivity contribution in [3.8, 4) is 18.2 Å². The van der Waals surface area contributed by atoms with Gasteiger partial charge in [-0.1, -0.05) is 57.2 Å². The van der Waals surface area contributed by atoms with Crippen molar-refractivity contribution in [3.05, 3.63) is 166 Å². The van der Waals surface area contributed by atoms with Gasteiger partial charge in [-0.2, -0.15) is 30.7 Å². The Morgan fingerprint density at radius 1 is 0.477 bits per heavy atom. The van der Waals surface area contributed by atoms with E-state index in [-0.39, 0.29) is 109 Å². The Labute approximate surface area is 753 Å². The lowest BCUT2D eigenvalue weighted by Crippen LogP contribution is -2.41. The van der Waals surface area contributed by atoms with Crippen molar-refractivity contribution in [2.24, 2.45) is 5.92 Å². The van der Waals surface area contributed by atoms with E-state index in [2.05, 4.69) is 45.9 Å². The number of anilines is 3. The van der Waals surface area contributed by atoms with Crippen LogP contribution < -0.4 is 44.1 Å². The average molecular weight is 1910 g/mol. The minimum Gasteiger partial charge on any atom is -0.387 e. The van der Waals surface area contributed by atoms with Crippen LogP contribution in [0.25, 0.3) is 11.2 Å². The molecule has 4 aliphatic rings. The second-order valence-electron chi connectivity index (χ2n) is 30.1. The highest BCUT2D eigenvalue weighted by molar-refractivity contribution is 7.49. The van der Waals surface area contributed by atoms with Gasteiger partial charge in [0.25, 0.3) is 22.9 Å². The Balaban J connectivity index is 1.00. The Hall–Kier alpha value is -10.1. The largest absolute Gasteiger partial charge is 0.475 e. The van der Waals surface area contributed by atoms with E-state index in [1.807, 2.05) is 18.2 Å². The number of aromatic amines is 2. The monoisotopic (exact) mass is 1910 g/mol. The number of imidazole rings is 1. The van der Waals surface area contributed by atoms with Crippen LogP contribution in [0, 0.1) is 60.7 Å². The number of amides is 3. The molecule has 4 fully saturated rings. The number of aliphatic hydroxyl groups is 1. The minimum atomic E-state index is -5.66. The molecular formula is C80H103N16O33P3. The number of phosphoric acid groups is 3. The van der Waals surface area contributed by atoms with E-state index in [1.165, 1.54) is 66.8 Å². The standard InChI is InChI=1S/C80H103N16O33P3/c1-11-52-58(62(114-36-32-110-8)74(123-52)93-39-47(4)65(87-78(93)103)85-70(100)50-21-14-12-15-22-50)127-131(107,118-29-19-26-82)121-43-54-59(63(115-37-33-111-9)75(125-54)94-40-48(5)66(88-79(94)104)86-71(101)51-23-16-13-17-24-51)128-132(108,119-30-20-27-83)122-44-55-60(64(116-38-34-112-10)76(126-55)96-45-84-56-67(96)89-77(91-72(56)102)90-68(98)46(2)3)129-130(106,117-28-18-25-81)120-42-53-57(97)61(113-35-31-109-7)73(124-53)95-41-49(6)69(99)92-80(95)105/h12-17,21-24,39-41,45-46,52-55,57-64,73-76,97H,11,18-20,28-38,42-44H2,1-10H3,(H,92,99,105)(H,85,87,100,103)(H,86,88,101,104)(H2,89,90,91,98,102)/t52-,53-,54-,55-,57+,58+,59+,60+,61?,62?,63?,64?,73-,74-,75-,76-,130?,131?,132?/m1/s1. The number of hydrogen-bond acceptors (Lipinski definition) is 40. The number of methoxy groups -OCH3 is 4. The number of fused-ring (bicyclic) bond motifs is 1. The number of H-pyrrole nitrogens is 2. The van der Waals surface area contributed by atoms with E-state index in [4.69, 9.17) is 97.6 Å². The van der Waals surface area contributed by atoms with Crippen molar-refractivity contribution in [1.29, 1.82) is 15.8 Å². The number of carbonyl (C=O) groups excluding carboxylic acids is 3. The van der Waals surface area contributed by atoms with Gasteiger partial charge >= 0.3 is 40.5 Å². The fourth-order valence-electron chi connectivity index (χ4n) is 14.0. The highest BCUT2D eigenvalue weighted by Gasteiger charge is 2.58. The summed E-state index contributed by atoms with van der Waals surface area (Å²) in [5, 5.41) is 49.8. The van der Waals surface area contributed by atoms with Crippen LogP contribution in [0.15, 0.2) is 110 Å². The summed E-state index contributed by atoms with van der Waals surface area (Å²) in [6, 6.07) is 21.7. The maximum atomic E-state index is 16.6. The molecule has 9 heterocycles. The van der Waals surface area contributed by atoms with Crippen molar-refractivity contribution in [1.82, 2.24) is 48.2 Å². The van der Waals surface area contributed by atoms with Gasteiger partial charge in [-0.05, 0) is 51.5 Å². The molecule has 4 saturated heterocycles. The molecule has 7 aromatic rings. The topological polar surface area (TPSA) is 612 Å². The number of aromatic nitrogens is 10. The number of carbonyl (C=O) groups is 3. The van der Waals surface area contributed by atoms with Crippen LogP contribution in [0.2, 0.25) is 0 Å². The fourth-order valence-corrected chi connectivity index (χ4v) is 18.2. The van der Waals surface area contributed by atoms with E-state index in [9.17, 15) is 59.2 Å². The molecule has 716 valence electrons. The Kier molecular flexibility index (Phi) is 37.4. The van der Waals surface area contributed by atoms with Crippen LogP contribution in [0.5, 0.6) is 0 Å². The van der Waals surface area contributed by atoms with Crippen LogP contribution in [-0.4, -0.2) is 265 Å². The fraction of sp³-hybridized carbons (Fsp3) is 0.562. The van der Waals surface area contributed by atoms with Crippen LogP contribution in [0.4, 0.5) is 17.6 Å². The molecule has 2 aromatic carbocycles. The highest BCUT2D eigenvalue weighted by Crippen LogP contribution is 2.59. The predicted molar refractivity (Wildman–Crippen MR) is 455 cm³/mol. The zero-order chi connectivity index (χ0) is 95.0. The third-order valence-corrected chi connectivity index (χ3v) is 24.9. The summed E-state index contributed by atoms with van der Waals surface area (Å²) in [6.07, 6.45) is -23.6. The molecule has 3 amide bonds. The van der Waals surface area contributed by atoms with E-state index >= 15 is 13.7 Å². The number of hydrogen-bond donors (Lipinski definition) is 6. The number of aliphatic hydroxyl groups excluding tert-OH is 1. The Bertz CT molecular complexity index is 5690. The molecule has 5 aromatic heterocycles. The average Bonchev–Trinajstić information content (AvgIpc) is 1.60. The number of benzene rings is 2. The van der Waals surface area contributed by atoms with Gasteiger partial charge in [0.2, 0.25) is 11.9 Å². The molecule has 49 nitrogen and oxygen atoms in total. The lowest BCUT2D eigenvalue weighted by atomic mass is 10.1. The maximum Gasteiger partial charge on any atom is 0.475 e. The number of rotatable bonds is 51. The molecule has 0 spiro atoms. The lowest BCUT2D eigenvalue weighted by Gasteiger charge is -2.31. The SMILES string of the molecule is CC[C@H]1O[C@@H](n2cc(C)c(NC(=O)c3ccccc3)nc2=O)C(OCCOC)[C@H]1OP(=O)(OCCC#N)OC[C@H]1O[C@@H](n2cc(C)c(NC(=O)c3ccccc3)nc2=O)C(OCCOC)[C@H]1OP(=O)(OCCC#N)OC[C@H]1O[C@@H](n2cnc3c(=O)[nH]c(NC(=O)C(C)C)nc32)C(OCCOC)[C@H]1OP(=O)(OCCC#N)OC[C@H]1O[C@@H](n2cc(C)c(=O)[nH]c2=O)C(OCCOC)[C@H]1O. The van der Waals surface area contributed by atoms with Gasteiger partial charge in [0.15, 0.2) is 36.1 Å². The zero-order valence-corrected chi connectivity index (χ0v) is 76.1. The molecule has 7 unspecified atom stereocenters. The first-order chi connectivity index (χ1) is 63.4. The van der Waals surface area contributed by atoms with Gasteiger partial charge in [0.1, 0.15) is 78.8 Å². The van der Waals surface area contributed by atoms with Gasteiger partial charge < -0.3 is 72.6 Å². The molecule has 0 bridgehead atoms. The quantitative estimate of drug-likeness (QED) is 0.0215. The molecule has 0 saturated carbocycles. The number of aryl methyl sites for hydroxylation is 3. The van der Waals surface area contributed by atoms with E-state index in [0.717, 1.165) is 30.8 Å². The van der Waals surface area contributed by atoms with Crippen molar-refractivity contribution >= 4 is 69.9 Å². The van der Waals surface area contributed by atoms with E-state index in [1.54, 1.807) is 76.2 Å². The van der Waals surface area contributed by atoms with E-state index < -0.39 is 239 Å². The third-order valence-electron chi connectivity index (χ3n) is 20.5. The molecule has 132 heavy (non-hydrogen) atoms. The number of phosphoric ester groups is 3. The van der Waals surface area contributed by atoms with Gasteiger partial charge in [-0.3, -0.25) is 98.2 Å². The summed E-state index contributed by atoms with van der Waals surface area (Å²) in [5.74, 6) is -3.13. The van der Waals surface area contributed by atoms with Crippen LogP contribution >= 0.6 is 23.5 Å². The molecule has 0 aliphatic carbocycles. The maximum absolute atomic E-state index is 16.6. The van der Waals surface area contributed by atoms with Crippen LogP contribution in [0.3, 0.4) is 0 Å². The normalized spacial score (nSPS) is 24.3. The predicted octanol–water partition coefficient (Wildman–Crippen LogP) is 5.02. The number of nitriles is 3. The summed E-state index contributed by atoms with van der Waals surface area (Å²) in [7, 11) is -11.0.